The standard InChI is InChI=1S/C24H28FN7O3S/c1-34-17-13-32(14-17)19-10-15(5-6-18(19)25)23(35-2)20(33)11-22-29-30-24(36-22)27-16-7-9-31(12-16)21-4-3-8-26-28-21/h3-6,8,10,16-17,23H,7,9,11-14H2,1-2H3,(H,27,30)/t16-,23+/m1/s1. The molecule has 2 saturated heterocycles. The van der Waals surface area contributed by atoms with Crippen LogP contribution in [0.4, 0.5) is 21.0 Å². The zero-order chi connectivity index (χ0) is 25.1. The number of carbonyl (C=O) groups is 1. The monoisotopic (exact) mass is 513 g/mol. The fourth-order valence-electron chi connectivity index (χ4n) is 4.52. The molecule has 12 heteroatoms. The molecule has 0 aliphatic carbocycles. The van der Waals surface area contributed by atoms with Crippen LogP contribution in [0.1, 0.15) is 23.1 Å². The van der Waals surface area contributed by atoms with Gasteiger partial charge in [-0.1, -0.05) is 17.4 Å². The lowest BCUT2D eigenvalue weighted by atomic mass is 10.0. The lowest BCUT2D eigenvalue weighted by Crippen LogP contribution is -2.52. The fraction of sp³-hybridized carbons (Fsp3) is 0.458. The molecule has 0 bridgehead atoms. The van der Waals surface area contributed by atoms with Crippen molar-refractivity contribution in [3.8, 4) is 0 Å². The van der Waals surface area contributed by atoms with E-state index in [2.05, 4.69) is 30.6 Å². The van der Waals surface area contributed by atoms with E-state index in [4.69, 9.17) is 9.47 Å². The van der Waals surface area contributed by atoms with E-state index in [9.17, 15) is 9.18 Å². The molecule has 1 N–H and O–H groups in total. The molecule has 0 amide bonds. The largest absolute Gasteiger partial charge is 0.378 e. The number of carbonyl (C=O) groups excluding carboxylic acids is 1. The second kappa shape index (κ2) is 10.8. The van der Waals surface area contributed by atoms with Crippen LogP contribution >= 0.6 is 11.3 Å². The van der Waals surface area contributed by atoms with Gasteiger partial charge in [0.2, 0.25) is 5.13 Å². The molecule has 36 heavy (non-hydrogen) atoms. The number of ketones is 1. The molecular formula is C24H28FN7O3S. The highest BCUT2D eigenvalue weighted by molar-refractivity contribution is 7.15. The molecule has 2 fully saturated rings. The van der Waals surface area contributed by atoms with E-state index in [0.29, 0.717) is 34.5 Å². The van der Waals surface area contributed by atoms with Gasteiger partial charge >= 0.3 is 0 Å². The zero-order valence-electron chi connectivity index (χ0n) is 20.1. The van der Waals surface area contributed by atoms with E-state index in [0.717, 1.165) is 25.3 Å². The second-order valence-corrected chi connectivity index (χ2v) is 9.95. The molecule has 0 unspecified atom stereocenters. The minimum Gasteiger partial charge on any atom is -0.378 e. The molecule has 0 saturated carbocycles. The smallest absolute Gasteiger partial charge is 0.205 e. The van der Waals surface area contributed by atoms with Crippen molar-refractivity contribution in [2.75, 3.05) is 55.5 Å². The Morgan fingerprint density at radius 3 is 2.81 bits per heavy atom. The lowest BCUT2D eigenvalue weighted by molar-refractivity contribution is -0.128. The van der Waals surface area contributed by atoms with Gasteiger partial charge in [-0.05, 0) is 36.2 Å². The number of Topliss-reactive ketones (excluding diaryl/α,β-unsaturated/α-hetero) is 1. The highest BCUT2D eigenvalue weighted by atomic mass is 32.1. The summed E-state index contributed by atoms with van der Waals surface area (Å²) in [6, 6.07) is 8.67. The molecule has 10 nitrogen and oxygen atoms in total. The molecule has 2 aliphatic rings. The van der Waals surface area contributed by atoms with Gasteiger partial charge < -0.3 is 24.6 Å². The number of nitrogens with one attached hydrogen (secondary N) is 1. The van der Waals surface area contributed by atoms with Crippen molar-refractivity contribution in [2.24, 2.45) is 0 Å². The van der Waals surface area contributed by atoms with Crippen molar-refractivity contribution in [2.45, 2.75) is 31.1 Å². The summed E-state index contributed by atoms with van der Waals surface area (Å²) >= 11 is 1.36. The summed E-state index contributed by atoms with van der Waals surface area (Å²) in [4.78, 5) is 17.2. The van der Waals surface area contributed by atoms with Gasteiger partial charge in [0.25, 0.3) is 0 Å². The van der Waals surface area contributed by atoms with Crippen molar-refractivity contribution in [1.29, 1.82) is 0 Å². The number of anilines is 3. The maximum Gasteiger partial charge on any atom is 0.205 e. The number of aromatic nitrogens is 4. The highest BCUT2D eigenvalue weighted by Crippen LogP contribution is 2.31. The number of ether oxygens (including phenoxy) is 2. The first kappa shape index (κ1) is 24.5. The van der Waals surface area contributed by atoms with Crippen LogP contribution in [0.3, 0.4) is 0 Å². The molecule has 2 aliphatic heterocycles. The number of halogens is 1. The predicted octanol–water partition coefficient (Wildman–Crippen LogP) is 2.49. The number of hydrogen-bond acceptors (Lipinski definition) is 11. The Kier molecular flexibility index (Phi) is 7.35. The summed E-state index contributed by atoms with van der Waals surface area (Å²) in [6.07, 6.45) is 1.94. The summed E-state index contributed by atoms with van der Waals surface area (Å²) in [5.41, 5.74) is 1.06. The summed E-state index contributed by atoms with van der Waals surface area (Å²) in [5, 5.41) is 21.2. The number of benzene rings is 1. The lowest BCUT2D eigenvalue weighted by Gasteiger charge is -2.40. The van der Waals surface area contributed by atoms with Gasteiger partial charge in [-0.15, -0.1) is 15.3 Å². The summed E-state index contributed by atoms with van der Waals surface area (Å²) in [6.45, 7) is 2.88. The van der Waals surface area contributed by atoms with E-state index in [1.54, 1.807) is 25.4 Å². The summed E-state index contributed by atoms with van der Waals surface area (Å²) in [7, 11) is 3.12. The molecule has 1 aromatic carbocycles. The third kappa shape index (κ3) is 5.30. The molecule has 3 aromatic rings. The number of nitrogens with zero attached hydrogens (tertiary/aromatic N) is 6. The molecule has 2 aromatic heterocycles. The van der Waals surface area contributed by atoms with E-state index in [1.807, 2.05) is 17.0 Å². The van der Waals surface area contributed by atoms with Crippen LogP contribution in [0.2, 0.25) is 0 Å². The van der Waals surface area contributed by atoms with Gasteiger partial charge in [-0.2, -0.15) is 5.10 Å². The van der Waals surface area contributed by atoms with Crippen LogP contribution in [0.5, 0.6) is 0 Å². The Bertz CT molecular complexity index is 1190. The van der Waals surface area contributed by atoms with Crippen molar-refractivity contribution in [1.82, 2.24) is 20.4 Å². The first-order valence-electron chi connectivity index (χ1n) is 11.8. The van der Waals surface area contributed by atoms with Crippen LogP contribution in [-0.4, -0.2) is 78.7 Å². The minimum absolute atomic E-state index is 0.0798. The minimum atomic E-state index is -0.820. The van der Waals surface area contributed by atoms with Crippen LogP contribution in [0, 0.1) is 5.82 Å². The fourth-order valence-corrected chi connectivity index (χ4v) is 5.35. The first-order valence-corrected chi connectivity index (χ1v) is 12.6. The second-order valence-electron chi connectivity index (χ2n) is 8.89. The Labute approximate surface area is 212 Å². The van der Waals surface area contributed by atoms with Gasteiger partial charge in [0, 0.05) is 52.6 Å². The maximum atomic E-state index is 14.4. The van der Waals surface area contributed by atoms with Gasteiger partial charge in [0.15, 0.2) is 11.6 Å². The van der Waals surface area contributed by atoms with E-state index in [1.165, 1.54) is 24.5 Å². The summed E-state index contributed by atoms with van der Waals surface area (Å²) < 4.78 is 25.2. The third-order valence-electron chi connectivity index (χ3n) is 6.51. The van der Waals surface area contributed by atoms with Crippen LogP contribution < -0.4 is 15.1 Å². The molecular weight excluding hydrogens is 485 g/mol. The van der Waals surface area contributed by atoms with Gasteiger partial charge in [0.05, 0.1) is 18.2 Å². The number of methoxy groups -OCH3 is 2. The molecule has 4 heterocycles. The van der Waals surface area contributed by atoms with Crippen LogP contribution in [-0.2, 0) is 20.7 Å². The van der Waals surface area contributed by atoms with Crippen LogP contribution in [0.25, 0.3) is 0 Å². The van der Waals surface area contributed by atoms with Crippen molar-refractivity contribution < 1.29 is 18.7 Å². The molecule has 2 atom stereocenters. The van der Waals surface area contributed by atoms with E-state index in [-0.39, 0.29) is 30.2 Å². The van der Waals surface area contributed by atoms with Crippen molar-refractivity contribution >= 4 is 33.8 Å². The quantitative estimate of drug-likeness (QED) is 0.435. The van der Waals surface area contributed by atoms with Crippen molar-refractivity contribution in [3.05, 3.63) is 52.9 Å². The first-order chi connectivity index (χ1) is 17.5. The average Bonchev–Trinajstić information content (AvgIpc) is 3.51. The average molecular weight is 514 g/mol. The molecule has 0 radical (unpaired) electrons. The normalized spacial score (nSPS) is 18.8. The SMILES string of the molecule is COC1CN(c2cc([C@H](OC)C(=O)Cc3nnc(N[C@@H]4CCN(c5cccnn5)C4)s3)ccc2F)C1. The van der Waals surface area contributed by atoms with Crippen molar-refractivity contribution in [3.63, 3.8) is 0 Å². The third-order valence-corrected chi connectivity index (χ3v) is 7.37. The Balaban J connectivity index is 1.19. The van der Waals surface area contributed by atoms with Gasteiger partial charge in [-0.25, -0.2) is 4.39 Å². The molecule has 0 spiro atoms. The van der Waals surface area contributed by atoms with Crippen LogP contribution in [0.15, 0.2) is 36.5 Å². The molecule has 190 valence electrons. The number of hydrogen-bond donors (Lipinski definition) is 1. The van der Waals surface area contributed by atoms with Gasteiger partial charge in [-0.3, -0.25) is 4.79 Å². The van der Waals surface area contributed by atoms with E-state index >= 15 is 0 Å². The maximum absolute atomic E-state index is 14.4. The Morgan fingerprint density at radius 2 is 2.06 bits per heavy atom. The van der Waals surface area contributed by atoms with Gasteiger partial charge in [0.1, 0.15) is 16.9 Å². The predicted molar refractivity (Wildman–Crippen MR) is 134 cm³/mol. The number of rotatable bonds is 10. The van der Waals surface area contributed by atoms with E-state index < -0.39 is 6.10 Å². The Morgan fingerprint density at radius 1 is 1.19 bits per heavy atom. The zero-order valence-corrected chi connectivity index (χ0v) is 20.9. The summed E-state index contributed by atoms with van der Waals surface area (Å²) in [5.74, 6) is 0.360. The molecule has 5 rings (SSSR count). The topological polar surface area (TPSA) is 106 Å². The highest BCUT2D eigenvalue weighted by Gasteiger charge is 2.30. The Hall–Kier alpha value is -3.22.